The van der Waals surface area contributed by atoms with E-state index in [1.165, 1.54) is 0 Å². The Morgan fingerprint density at radius 1 is 1.56 bits per heavy atom. The first kappa shape index (κ1) is 11.1. The number of carbonyl (C=O) groups is 1. The minimum Gasteiger partial charge on any atom is -0.481 e. The summed E-state index contributed by atoms with van der Waals surface area (Å²) in [5.41, 5.74) is 0. The van der Waals surface area contributed by atoms with Crippen molar-refractivity contribution in [2.45, 2.75) is 20.0 Å². The minimum absolute atomic E-state index is 0.222. The standard InChI is InChI=1S/C3H6O2.CHF3/c1-2-3(4)5;2-1(3)4/h2H2,1H3,(H,4,5);1H. The predicted molar refractivity (Wildman–Crippen MR) is 25.0 cm³/mol. The first-order valence-electron chi connectivity index (χ1n) is 2.14. The van der Waals surface area contributed by atoms with E-state index in [1.54, 1.807) is 6.92 Å². The number of alkyl halides is 3. The Labute approximate surface area is 50.3 Å². The van der Waals surface area contributed by atoms with Gasteiger partial charge in [0.2, 0.25) is 0 Å². The van der Waals surface area contributed by atoms with Gasteiger partial charge in [0.15, 0.2) is 0 Å². The molecule has 0 aromatic rings. The van der Waals surface area contributed by atoms with E-state index < -0.39 is 12.6 Å². The zero-order valence-electron chi connectivity index (χ0n) is 4.77. The fourth-order valence-electron chi connectivity index (χ4n) is 0. The van der Waals surface area contributed by atoms with Gasteiger partial charge in [0.1, 0.15) is 0 Å². The number of carboxylic acid groups (broad SMARTS) is 1. The molecule has 0 fully saturated rings. The van der Waals surface area contributed by atoms with Gasteiger partial charge in [-0.3, -0.25) is 4.79 Å². The number of rotatable bonds is 1. The van der Waals surface area contributed by atoms with Crippen LogP contribution in [-0.2, 0) is 4.79 Å². The van der Waals surface area contributed by atoms with E-state index in [1.807, 2.05) is 0 Å². The zero-order chi connectivity index (χ0) is 7.86. The van der Waals surface area contributed by atoms with Crippen molar-refractivity contribution in [3.8, 4) is 0 Å². The minimum atomic E-state index is -3.67. The average Bonchev–Trinajstić information content (AvgIpc) is 1.65. The molecular formula is C4H7F3O2. The van der Waals surface area contributed by atoms with Crippen LogP contribution in [0.3, 0.4) is 0 Å². The van der Waals surface area contributed by atoms with Crippen molar-refractivity contribution in [1.29, 1.82) is 0 Å². The number of hydrogen-bond acceptors (Lipinski definition) is 1. The Morgan fingerprint density at radius 3 is 1.67 bits per heavy atom. The monoisotopic (exact) mass is 144 g/mol. The van der Waals surface area contributed by atoms with Crippen molar-refractivity contribution in [3.05, 3.63) is 0 Å². The molecule has 0 aromatic heterocycles. The lowest BCUT2D eigenvalue weighted by Crippen LogP contribution is -1.86. The molecular weight excluding hydrogens is 137 g/mol. The van der Waals surface area contributed by atoms with Crippen molar-refractivity contribution in [2.24, 2.45) is 0 Å². The van der Waals surface area contributed by atoms with Crippen molar-refractivity contribution >= 4 is 5.97 Å². The van der Waals surface area contributed by atoms with Crippen LogP contribution in [0.15, 0.2) is 0 Å². The predicted octanol–water partition coefficient (Wildman–Crippen LogP) is 1.66. The number of aliphatic carboxylic acids is 1. The molecule has 5 heteroatoms. The van der Waals surface area contributed by atoms with Crippen molar-refractivity contribution in [3.63, 3.8) is 0 Å². The van der Waals surface area contributed by atoms with Gasteiger partial charge in [0.25, 0.3) is 0 Å². The van der Waals surface area contributed by atoms with Crippen LogP contribution < -0.4 is 0 Å². The van der Waals surface area contributed by atoms with Crippen molar-refractivity contribution in [1.82, 2.24) is 0 Å². The van der Waals surface area contributed by atoms with Gasteiger partial charge in [-0.05, 0) is 0 Å². The van der Waals surface area contributed by atoms with E-state index in [4.69, 9.17) is 5.11 Å². The summed E-state index contributed by atoms with van der Waals surface area (Å²) < 4.78 is 29.0. The van der Waals surface area contributed by atoms with Gasteiger partial charge in [-0.1, -0.05) is 6.92 Å². The maximum Gasteiger partial charge on any atom is 0.379 e. The zero-order valence-corrected chi connectivity index (χ0v) is 4.77. The van der Waals surface area contributed by atoms with Gasteiger partial charge in [-0.25, -0.2) is 0 Å². The first-order valence-corrected chi connectivity index (χ1v) is 2.14. The van der Waals surface area contributed by atoms with Crippen LogP contribution in [0.2, 0.25) is 0 Å². The summed E-state index contributed by atoms with van der Waals surface area (Å²) in [6.07, 6.45) is 0.222. The van der Waals surface area contributed by atoms with Crippen LogP contribution >= 0.6 is 0 Å². The van der Waals surface area contributed by atoms with Crippen LogP contribution in [0.4, 0.5) is 13.2 Å². The van der Waals surface area contributed by atoms with Gasteiger partial charge in [0.05, 0.1) is 0 Å². The van der Waals surface area contributed by atoms with E-state index >= 15 is 0 Å². The Morgan fingerprint density at radius 2 is 1.67 bits per heavy atom. The molecule has 1 N–H and O–H groups in total. The van der Waals surface area contributed by atoms with Gasteiger partial charge < -0.3 is 5.11 Å². The van der Waals surface area contributed by atoms with E-state index in [2.05, 4.69) is 0 Å². The number of halogens is 3. The number of hydrogen-bond donors (Lipinski definition) is 1. The van der Waals surface area contributed by atoms with E-state index in [9.17, 15) is 18.0 Å². The van der Waals surface area contributed by atoms with Gasteiger partial charge in [-0.15, -0.1) is 0 Å². The fourth-order valence-corrected chi connectivity index (χ4v) is 0. The van der Waals surface area contributed by atoms with Crippen LogP contribution in [0.1, 0.15) is 13.3 Å². The molecule has 0 atom stereocenters. The van der Waals surface area contributed by atoms with E-state index in [0.29, 0.717) is 0 Å². The second-order valence-electron chi connectivity index (χ2n) is 0.995. The van der Waals surface area contributed by atoms with Crippen LogP contribution in [0.5, 0.6) is 0 Å². The molecule has 0 aliphatic heterocycles. The van der Waals surface area contributed by atoms with Gasteiger partial charge in [0, 0.05) is 6.42 Å². The molecule has 0 radical (unpaired) electrons. The highest BCUT2D eigenvalue weighted by Gasteiger charge is 1.86. The molecule has 0 spiro atoms. The summed E-state index contributed by atoms with van der Waals surface area (Å²) in [7, 11) is 0. The van der Waals surface area contributed by atoms with E-state index in [-0.39, 0.29) is 6.42 Å². The second kappa shape index (κ2) is 7.26. The topological polar surface area (TPSA) is 37.3 Å². The quantitative estimate of drug-likeness (QED) is 0.607. The summed E-state index contributed by atoms with van der Waals surface area (Å²) in [4.78, 5) is 9.37. The van der Waals surface area contributed by atoms with Crippen LogP contribution in [-0.4, -0.2) is 17.8 Å². The lowest BCUT2D eigenvalue weighted by atomic mass is 10.5. The Bertz CT molecular complexity index is 71.5. The maximum atomic E-state index is 9.67. The Hall–Kier alpha value is -0.740. The highest BCUT2D eigenvalue weighted by atomic mass is 19.4. The molecule has 0 unspecified atom stereocenters. The molecule has 0 bridgehead atoms. The van der Waals surface area contributed by atoms with Crippen LogP contribution in [0.25, 0.3) is 0 Å². The average molecular weight is 144 g/mol. The summed E-state index contributed by atoms with van der Waals surface area (Å²) >= 11 is 0. The molecule has 0 amide bonds. The maximum absolute atomic E-state index is 9.67. The van der Waals surface area contributed by atoms with Crippen molar-refractivity contribution in [2.75, 3.05) is 0 Å². The van der Waals surface area contributed by atoms with Gasteiger partial charge >= 0.3 is 12.6 Å². The lowest BCUT2D eigenvalue weighted by molar-refractivity contribution is -0.136. The van der Waals surface area contributed by atoms with Crippen LogP contribution in [0, 0.1) is 0 Å². The van der Waals surface area contributed by atoms with Crippen molar-refractivity contribution < 1.29 is 23.1 Å². The molecule has 0 aromatic carbocycles. The summed E-state index contributed by atoms with van der Waals surface area (Å²) in [5, 5.41) is 7.72. The third kappa shape index (κ3) is 127. The molecule has 9 heavy (non-hydrogen) atoms. The smallest absolute Gasteiger partial charge is 0.379 e. The Balaban J connectivity index is 0. The third-order valence-corrected chi connectivity index (χ3v) is 0.302. The molecule has 0 saturated heterocycles. The van der Waals surface area contributed by atoms with E-state index in [0.717, 1.165) is 0 Å². The first-order chi connectivity index (χ1) is 4.00. The highest BCUT2D eigenvalue weighted by molar-refractivity contribution is 5.66. The molecule has 2 nitrogen and oxygen atoms in total. The Kier molecular flexibility index (Phi) is 8.96. The van der Waals surface area contributed by atoms with Gasteiger partial charge in [-0.2, -0.15) is 13.2 Å². The molecule has 56 valence electrons. The SMILES string of the molecule is CCC(=O)O.FC(F)F. The molecule has 0 saturated carbocycles. The lowest BCUT2D eigenvalue weighted by Gasteiger charge is -1.71. The highest BCUT2D eigenvalue weighted by Crippen LogP contribution is 1.87. The molecule has 0 heterocycles. The largest absolute Gasteiger partial charge is 0.481 e. The second-order valence-corrected chi connectivity index (χ2v) is 0.995. The summed E-state index contributed by atoms with van der Waals surface area (Å²) in [6.45, 7) is -2.07. The summed E-state index contributed by atoms with van der Waals surface area (Å²) in [6, 6.07) is 0. The summed E-state index contributed by atoms with van der Waals surface area (Å²) in [5.74, 6) is -0.745. The fraction of sp³-hybridized carbons (Fsp3) is 0.750. The molecule has 0 aliphatic rings. The third-order valence-electron chi connectivity index (χ3n) is 0.302. The number of carboxylic acids is 1. The molecule has 0 aliphatic carbocycles. The normalized spacial score (nSPS) is 8.11. The molecule has 0 rings (SSSR count).